The number of methoxy groups -OCH3 is 1. The van der Waals surface area contributed by atoms with E-state index in [4.69, 9.17) is 9.47 Å². The summed E-state index contributed by atoms with van der Waals surface area (Å²) in [4.78, 5) is 30.6. The van der Waals surface area contributed by atoms with Crippen LogP contribution < -0.4 is 20.3 Å². The number of ether oxygens (including phenoxy) is 2. The number of urea groups is 1. The molecule has 1 aliphatic heterocycles. The van der Waals surface area contributed by atoms with E-state index in [0.717, 1.165) is 0 Å². The summed E-state index contributed by atoms with van der Waals surface area (Å²) in [6.07, 6.45) is 1.59. The van der Waals surface area contributed by atoms with Crippen molar-refractivity contribution < 1.29 is 19.1 Å². The number of carbonyl (C=O) groups is 2. The van der Waals surface area contributed by atoms with Gasteiger partial charge in [-0.3, -0.25) is 4.90 Å². The van der Waals surface area contributed by atoms with Crippen molar-refractivity contribution in [1.82, 2.24) is 4.98 Å². The first kappa shape index (κ1) is 19.3. The van der Waals surface area contributed by atoms with Gasteiger partial charge in [-0.1, -0.05) is 30.3 Å². The first-order chi connectivity index (χ1) is 14.7. The smallest absolute Gasteiger partial charge is 0.339 e. The number of fused-ring (bicyclic) bond motifs is 1. The lowest BCUT2D eigenvalue weighted by molar-refractivity contribution is 0.0602. The zero-order valence-corrected chi connectivity index (χ0v) is 16.3. The highest BCUT2D eigenvalue weighted by Gasteiger charge is 2.26. The molecule has 3 aromatic rings. The molecule has 30 heavy (non-hydrogen) atoms. The van der Waals surface area contributed by atoms with Gasteiger partial charge in [-0.2, -0.15) is 0 Å². The molecule has 8 heteroatoms. The first-order valence-electron chi connectivity index (χ1n) is 9.36. The zero-order chi connectivity index (χ0) is 20.9. The van der Waals surface area contributed by atoms with E-state index in [9.17, 15) is 9.59 Å². The van der Waals surface area contributed by atoms with E-state index >= 15 is 0 Å². The minimum atomic E-state index is -0.441. The number of nitrogens with zero attached hydrogens (tertiary/aromatic N) is 2. The fraction of sp³-hybridized carbons (Fsp3) is 0.136. The van der Waals surface area contributed by atoms with Crippen LogP contribution in [0.25, 0.3) is 0 Å². The van der Waals surface area contributed by atoms with Crippen LogP contribution in [0.2, 0.25) is 0 Å². The average Bonchev–Trinajstić information content (AvgIpc) is 2.79. The second kappa shape index (κ2) is 8.52. The Labute approximate surface area is 173 Å². The van der Waals surface area contributed by atoms with Crippen LogP contribution in [0.15, 0.2) is 66.9 Å². The summed E-state index contributed by atoms with van der Waals surface area (Å²) < 4.78 is 10.5. The van der Waals surface area contributed by atoms with E-state index in [2.05, 4.69) is 15.6 Å². The van der Waals surface area contributed by atoms with Crippen LogP contribution in [0.5, 0.6) is 5.75 Å². The monoisotopic (exact) mass is 404 g/mol. The molecule has 0 radical (unpaired) electrons. The van der Waals surface area contributed by atoms with Crippen LogP contribution in [-0.4, -0.2) is 37.2 Å². The number of nitrogens with one attached hydrogen (secondary N) is 2. The second-order valence-electron chi connectivity index (χ2n) is 6.50. The van der Waals surface area contributed by atoms with Crippen molar-refractivity contribution >= 4 is 34.9 Å². The van der Waals surface area contributed by atoms with Crippen molar-refractivity contribution in [3.63, 3.8) is 0 Å². The second-order valence-corrected chi connectivity index (χ2v) is 6.50. The standard InChI is InChI=1S/C22H20N4O4/c1-29-21(27)17-9-5-6-10-18(17)24-16-13-19-20(23-14-16)26(11-12-30-19)22(28)25-15-7-3-2-4-8-15/h2-10,13-14,24H,11-12H2,1H3,(H,25,28). The van der Waals surface area contributed by atoms with Crippen molar-refractivity contribution in [2.24, 2.45) is 0 Å². The van der Waals surface area contributed by atoms with Crippen molar-refractivity contribution in [2.75, 3.05) is 35.8 Å². The topological polar surface area (TPSA) is 92.8 Å². The molecule has 8 nitrogen and oxygen atoms in total. The predicted molar refractivity (Wildman–Crippen MR) is 114 cm³/mol. The van der Waals surface area contributed by atoms with Crippen LogP contribution in [0.1, 0.15) is 10.4 Å². The number of benzene rings is 2. The molecule has 0 atom stereocenters. The summed E-state index contributed by atoms with van der Waals surface area (Å²) >= 11 is 0. The summed E-state index contributed by atoms with van der Waals surface area (Å²) in [5, 5.41) is 6.02. The van der Waals surface area contributed by atoms with Gasteiger partial charge in [0.15, 0.2) is 11.6 Å². The lowest BCUT2D eigenvalue weighted by atomic mass is 10.1. The third kappa shape index (κ3) is 4.02. The molecule has 0 spiro atoms. The van der Waals surface area contributed by atoms with Crippen LogP contribution in [0.4, 0.5) is 27.7 Å². The Morgan fingerprint density at radius 1 is 1.07 bits per heavy atom. The van der Waals surface area contributed by atoms with Gasteiger partial charge in [0.1, 0.15) is 6.61 Å². The number of para-hydroxylation sites is 2. The van der Waals surface area contributed by atoms with Gasteiger partial charge in [-0.15, -0.1) is 0 Å². The van der Waals surface area contributed by atoms with Crippen molar-refractivity contribution in [2.45, 2.75) is 0 Å². The van der Waals surface area contributed by atoms with Crippen molar-refractivity contribution in [1.29, 1.82) is 0 Å². The minimum Gasteiger partial charge on any atom is -0.488 e. The number of carbonyl (C=O) groups excluding carboxylic acids is 2. The third-order valence-electron chi connectivity index (χ3n) is 4.54. The number of aromatic nitrogens is 1. The number of anilines is 4. The Balaban J connectivity index is 1.55. The Kier molecular flexibility index (Phi) is 5.47. The quantitative estimate of drug-likeness (QED) is 0.638. The lowest BCUT2D eigenvalue weighted by Crippen LogP contribution is -2.41. The third-order valence-corrected chi connectivity index (χ3v) is 4.54. The van der Waals surface area contributed by atoms with E-state index in [1.165, 1.54) is 12.0 Å². The molecule has 0 bridgehead atoms. The molecule has 0 aliphatic carbocycles. The predicted octanol–water partition coefficient (Wildman–Crippen LogP) is 4.04. The maximum Gasteiger partial charge on any atom is 0.339 e. The Morgan fingerprint density at radius 2 is 1.83 bits per heavy atom. The SMILES string of the molecule is COC(=O)c1ccccc1Nc1cnc2c(c1)OCCN2C(=O)Nc1ccccc1. The molecule has 4 rings (SSSR count). The molecular formula is C22H20N4O4. The summed E-state index contributed by atoms with van der Waals surface area (Å²) in [6, 6.07) is 17.7. The fourth-order valence-electron chi connectivity index (χ4n) is 3.11. The normalized spacial score (nSPS) is 12.4. The highest BCUT2D eigenvalue weighted by molar-refractivity contribution is 6.02. The van der Waals surface area contributed by atoms with Gasteiger partial charge in [0.2, 0.25) is 0 Å². The molecule has 152 valence electrons. The van der Waals surface area contributed by atoms with E-state index in [-0.39, 0.29) is 6.03 Å². The Bertz CT molecular complexity index is 1070. The molecular weight excluding hydrogens is 384 g/mol. The molecule has 0 fully saturated rings. The molecule has 0 saturated heterocycles. The molecule has 1 aromatic heterocycles. The van der Waals surface area contributed by atoms with E-state index in [0.29, 0.717) is 47.3 Å². The first-order valence-corrected chi connectivity index (χ1v) is 9.36. The molecule has 2 N–H and O–H groups in total. The van der Waals surface area contributed by atoms with Gasteiger partial charge in [0, 0.05) is 11.8 Å². The summed E-state index contributed by atoms with van der Waals surface area (Å²) in [6.45, 7) is 0.732. The van der Waals surface area contributed by atoms with Gasteiger partial charge < -0.3 is 20.1 Å². The maximum atomic E-state index is 12.7. The number of hydrogen-bond donors (Lipinski definition) is 2. The van der Waals surface area contributed by atoms with Gasteiger partial charge in [0.05, 0.1) is 36.8 Å². The zero-order valence-electron chi connectivity index (χ0n) is 16.3. The van der Waals surface area contributed by atoms with Crippen molar-refractivity contribution in [3.05, 3.63) is 72.4 Å². The highest BCUT2D eigenvalue weighted by atomic mass is 16.5. The molecule has 0 saturated carbocycles. The summed E-state index contributed by atoms with van der Waals surface area (Å²) in [5.74, 6) is 0.468. The van der Waals surface area contributed by atoms with Gasteiger partial charge in [-0.25, -0.2) is 14.6 Å². The maximum absolute atomic E-state index is 12.7. The number of hydrogen-bond acceptors (Lipinski definition) is 6. The van der Waals surface area contributed by atoms with Crippen molar-refractivity contribution in [3.8, 4) is 5.75 Å². The summed E-state index contributed by atoms with van der Waals surface area (Å²) in [5.41, 5.74) is 2.31. The molecule has 2 amide bonds. The molecule has 2 aromatic carbocycles. The van der Waals surface area contributed by atoms with Crippen LogP contribution in [-0.2, 0) is 4.74 Å². The Hall–Kier alpha value is -4.07. The number of pyridine rings is 1. The van der Waals surface area contributed by atoms with Crippen LogP contribution in [0, 0.1) is 0 Å². The fourth-order valence-corrected chi connectivity index (χ4v) is 3.11. The highest BCUT2D eigenvalue weighted by Crippen LogP contribution is 2.33. The van der Waals surface area contributed by atoms with Crippen LogP contribution in [0.3, 0.4) is 0 Å². The molecule has 1 aliphatic rings. The Morgan fingerprint density at radius 3 is 2.63 bits per heavy atom. The number of amides is 2. The van der Waals surface area contributed by atoms with Gasteiger partial charge >= 0.3 is 12.0 Å². The minimum absolute atomic E-state index is 0.282. The van der Waals surface area contributed by atoms with Gasteiger partial charge in [-0.05, 0) is 24.3 Å². The average molecular weight is 404 g/mol. The molecule has 0 unspecified atom stereocenters. The lowest BCUT2D eigenvalue weighted by Gasteiger charge is -2.28. The van der Waals surface area contributed by atoms with Crippen LogP contribution >= 0.6 is 0 Å². The van der Waals surface area contributed by atoms with E-state index in [1.807, 2.05) is 36.4 Å². The summed E-state index contributed by atoms with van der Waals surface area (Å²) in [7, 11) is 1.34. The largest absolute Gasteiger partial charge is 0.488 e. The van der Waals surface area contributed by atoms with E-state index in [1.54, 1.807) is 30.5 Å². The number of rotatable bonds is 4. The van der Waals surface area contributed by atoms with Gasteiger partial charge in [0.25, 0.3) is 0 Å². The molecule has 2 heterocycles. The number of esters is 1. The van der Waals surface area contributed by atoms with E-state index < -0.39 is 5.97 Å².